The quantitative estimate of drug-likeness (QED) is 0.704. The smallest absolute Gasteiger partial charge is 0.257 e. The molecule has 1 saturated heterocycles. The zero-order chi connectivity index (χ0) is 17.9. The summed E-state index contributed by atoms with van der Waals surface area (Å²) in [6.45, 7) is 1.55. The second-order valence-corrected chi connectivity index (χ2v) is 7.76. The molecular formula is C20H18ClN3OS. The molecule has 2 heterocycles. The predicted molar refractivity (Wildman–Crippen MR) is 110 cm³/mol. The van der Waals surface area contributed by atoms with Gasteiger partial charge >= 0.3 is 0 Å². The van der Waals surface area contributed by atoms with Gasteiger partial charge in [-0.25, -0.2) is 0 Å². The molecule has 4 nitrogen and oxygen atoms in total. The molecule has 0 atom stereocenters. The summed E-state index contributed by atoms with van der Waals surface area (Å²) < 4.78 is 0. The lowest BCUT2D eigenvalue weighted by molar-refractivity contribution is 0.0773. The lowest BCUT2D eigenvalue weighted by atomic mass is 10.1. The number of nitrogens with zero attached hydrogens (tertiary/aromatic N) is 2. The first-order valence-electron chi connectivity index (χ1n) is 8.50. The molecule has 26 heavy (non-hydrogen) atoms. The first-order chi connectivity index (χ1) is 12.7. The van der Waals surface area contributed by atoms with Gasteiger partial charge in [-0.3, -0.25) is 9.78 Å². The Morgan fingerprint density at radius 1 is 1.08 bits per heavy atom. The Morgan fingerprint density at radius 3 is 2.58 bits per heavy atom. The van der Waals surface area contributed by atoms with Crippen LogP contribution in [0.25, 0.3) is 10.9 Å². The van der Waals surface area contributed by atoms with Crippen LogP contribution in [0.2, 0.25) is 5.02 Å². The van der Waals surface area contributed by atoms with Crippen LogP contribution in [-0.4, -0.2) is 40.4 Å². The van der Waals surface area contributed by atoms with Crippen molar-refractivity contribution in [2.75, 3.05) is 29.9 Å². The number of benzene rings is 2. The lowest BCUT2D eigenvalue weighted by Crippen LogP contribution is -2.38. The summed E-state index contributed by atoms with van der Waals surface area (Å²) in [5.41, 5.74) is 3.13. The lowest BCUT2D eigenvalue weighted by Gasteiger charge is -2.27. The molecule has 1 aliphatic heterocycles. The van der Waals surface area contributed by atoms with E-state index in [-0.39, 0.29) is 5.91 Å². The number of hydrogen-bond acceptors (Lipinski definition) is 4. The molecule has 6 heteroatoms. The summed E-state index contributed by atoms with van der Waals surface area (Å²) >= 11 is 7.88. The van der Waals surface area contributed by atoms with E-state index < -0.39 is 0 Å². The molecule has 0 radical (unpaired) electrons. The van der Waals surface area contributed by atoms with Crippen LogP contribution in [0.15, 0.2) is 54.7 Å². The molecule has 0 spiro atoms. The molecule has 1 N–H and O–H groups in total. The van der Waals surface area contributed by atoms with Crippen molar-refractivity contribution in [1.82, 2.24) is 9.88 Å². The first kappa shape index (κ1) is 17.2. The second-order valence-electron chi connectivity index (χ2n) is 6.10. The van der Waals surface area contributed by atoms with E-state index in [0.29, 0.717) is 10.6 Å². The number of fused-ring (bicyclic) bond motifs is 1. The monoisotopic (exact) mass is 383 g/mol. The van der Waals surface area contributed by atoms with Crippen LogP contribution < -0.4 is 5.32 Å². The average Bonchev–Trinajstić information content (AvgIpc) is 2.70. The third kappa shape index (κ3) is 3.50. The summed E-state index contributed by atoms with van der Waals surface area (Å²) in [5, 5.41) is 5.02. The minimum absolute atomic E-state index is 0.0278. The summed E-state index contributed by atoms with van der Waals surface area (Å²) in [5.74, 6) is 1.99. The van der Waals surface area contributed by atoms with Crippen LogP contribution in [0.5, 0.6) is 0 Å². The van der Waals surface area contributed by atoms with Gasteiger partial charge in [0.15, 0.2) is 0 Å². The van der Waals surface area contributed by atoms with Gasteiger partial charge in [-0.2, -0.15) is 11.8 Å². The van der Waals surface area contributed by atoms with E-state index in [4.69, 9.17) is 11.6 Å². The summed E-state index contributed by atoms with van der Waals surface area (Å²) in [4.78, 5) is 19.5. The third-order valence-corrected chi connectivity index (χ3v) is 5.61. The van der Waals surface area contributed by atoms with Gasteiger partial charge in [-0.15, -0.1) is 0 Å². The second kappa shape index (κ2) is 7.56. The minimum atomic E-state index is 0.0278. The number of halogens is 1. The number of para-hydroxylation sites is 1. The molecular weight excluding hydrogens is 366 g/mol. The highest BCUT2D eigenvalue weighted by Crippen LogP contribution is 2.30. The largest absolute Gasteiger partial charge is 0.354 e. The molecule has 0 bridgehead atoms. The number of carbonyl (C=O) groups excluding carboxylic acids is 1. The Bertz CT molecular complexity index is 939. The topological polar surface area (TPSA) is 45.2 Å². The van der Waals surface area contributed by atoms with Gasteiger partial charge in [0.05, 0.1) is 16.8 Å². The maximum atomic E-state index is 13.1. The van der Waals surface area contributed by atoms with Gasteiger partial charge < -0.3 is 10.2 Å². The Morgan fingerprint density at radius 2 is 1.81 bits per heavy atom. The predicted octanol–water partition coefficient (Wildman–Crippen LogP) is 4.82. The Labute approximate surface area is 161 Å². The molecule has 3 aromatic rings. The van der Waals surface area contributed by atoms with Crippen molar-refractivity contribution in [3.05, 3.63) is 65.3 Å². The van der Waals surface area contributed by atoms with Crippen molar-refractivity contribution < 1.29 is 4.79 Å². The number of hydrogen-bond donors (Lipinski definition) is 1. The maximum absolute atomic E-state index is 13.1. The number of carbonyl (C=O) groups is 1. The summed E-state index contributed by atoms with van der Waals surface area (Å²) in [6.07, 6.45) is 1.69. The Kier molecular flexibility index (Phi) is 5.00. The van der Waals surface area contributed by atoms with Gasteiger partial charge in [-0.05, 0) is 30.3 Å². The van der Waals surface area contributed by atoms with E-state index in [1.54, 1.807) is 6.20 Å². The third-order valence-electron chi connectivity index (χ3n) is 4.42. The van der Waals surface area contributed by atoms with Crippen molar-refractivity contribution >= 4 is 51.5 Å². The number of thioether (sulfide) groups is 1. The van der Waals surface area contributed by atoms with Crippen LogP contribution in [-0.2, 0) is 0 Å². The van der Waals surface area contributed by atoms with Gasteiger partial charge in [-0.1, -0.05) is 29.8 Å². The van der Waals surface area contributed by atoms with Crippen LogP contribution in [0, 0.1) is 0 Å². The van der Waals surface area contributed by atoms with Crippen molar-refractivity contribution in [1.29, 1.82) is 0 Å². The zero-order valence-electron chi connectivity index (χ0n) is 14.1. The number of pyridine rings is 1. The fraction of sp³-hybridized carbons (Fsp3) is 0.200. The average molecular weight is 384 g/mol. The Balaban J connectivity index is 1.78. The van der Waals surface area contributed by atoms with E-state index in [1.165, 1.54) is 0 Å². The van der Waals surface area contributed by atoms with E-state index in [0.717, 1.165) is 46.9 Å². The van der Waals surface area contributed by atoms with Crippen LogP contribution in [0.3, 0.4) is 0 Å². The molecule has 1 aliphatic rings. The van der Waals surface area contributed by atoms with E-state index >= 15 is 0 Å². The van der Waals surface area contributed by atoms with Crippen molar-refractivity contribution in [3.8, 4) is 0 Å². The first-order valence-corrected chi connectivity index (χ1v) is 10.0. The molecule has 1 aromatic heterocycles. The number of aromatic nitrogens is 1. The van der Waals surface area contributed by atoms with Crippen molar-refractivity contribution in [2.24, 2.45) is 0 Å². The van der Waals surface area contributed by atoms with E-state index in [9.17, 15) is 4.79 Å². The minimum Gasteiger partial charge on any atom is -0.354 e. The highest BCUT2D eigenvalue weighted by molar-refractivity contribution is 7.99. The highest BCUT2D eigenvalue weighted by atomic mass is 35.5. The normalized spacial score (nSPS) is 14.4. The molecule has 0 aliphatic carbocycles. The van der Waals surface area contributed by atoms with Gasteiger partial charge in [0.1, 0.15) is 0 Å². The number of amides is 1. The van der Waals surface area contributed by atoms with E-state index in [1.807, 2.05) is 65.2 Å². The Hall–Kier alpha value is -2.24. The number of rotatable bonds is 3. The number of nitrogens with one attached hydrogen (secondary N) is 1. The van der Waals surface area contributed by atoms with Crippen molar-refractivity contribution in [2.45, 2.75) is 0 Å². The highest BCUT2D eigenvalue weighted by Gasteiger charge is 2.23. The van der Waals surface area contributed by atoms with E-state index in [2.05, 4.69) is 10.3 Å². The van der Waals surface area contributed by atoms with Crippen LogP contribution in [0.4, 0.5) is 11.4 Å². The zero-order valence-corrected chi connectivity index (χ0v) is 15.7. The fourth-order valence-corrected chi connectivity index (χ4v) is 4.08. The molecule has 132 valence electrons. The maximum Gasteiger partial charge on any atom is 0.257 e. The standard InChI is InChI=1S/C20H18ClN3OS/c21-14-5-7-15(8-6-14)23-19-16-3-1-2-4-18(16)22-13-17(19)20(25)24-9-11-26-12-10-24/h1-8,13H,9-12H2,(H,22,23). The SMILES string of the molecule is O=C(c1cnc2ccccc2c1Nc1ccc(Cl)cc1)N1CCSCC1. The molecule has 1 fully saturated rings. The molecule has 4 rings (SSSR count). The number of anilines is 2. The van der Waals surface area contributed by atoms with Gasteiger partial charge in [0, 0.05) is 46.9 Å². The molecule has 0 unspecified atom stereocenters. The summed E-state index contributed by atoms with van der Waals surface area (Å²) in [6, 6.07) is 15.3. The van der Waals surface area contributed by atoms with Crippen LogP contribution >= 0.6 is 23.4 Å². The van der Waals surface area contributed by atoms with Gasteiger partial charge in [0.2, 0.25) is 0 Å². The van der Waals surface area contributed by atoms with Crippen molar-refractivity contribution in [3.63, 3.8) is 0 Å². The fourth-order valence-electron chi connectivity index (χ4n) is 3.05. The molecule has 2 aromatic carbocycles. The molecule has 1 amide bonds. The van der Waals surface area contributed by atoms with Crippen LogP contribution in [0.1, 0.15) is 10.4 Å². The van der Waals surface area contributed by atoms with Gasteiger partial charge in [0.25, 0.3) is 5.91 Å². The molecule has 0 saturated carbocycles. The summed E-state index contributed by atoms with van der Waals surface area (Å²) in [7, 11) is 0.